The van der Waals surface area contributed by atoms with E-state index in [2.05, 4.69) is 11.7 Å². The van der Waals surface area contributed by atoms with Gasteiger partial charge in [-0.25, -0.2) is 4.79 Å². The zero-order chi connectivity index (χ0) is 17.4. The third-order valence-corrected chi connectivity index (χ3v) is 2.86. The summed E-state index contributed by atoms with van der Waals surface area (Å²) in [4.78, 5) is 27.3. The van der Waals surface area contributed by atoms with Crippen molar-refractivity contribution in [3.8, 4) is 0 Å². The van der Waals surface area contributed by atoms with E-state index in [0.717, 1.165) is 0 Å². The van der Waals surface area contributed by atoms with E-state index in [0.29, 0.717) is 5.56 Å². The van der Waals surface area contributed by atoms with Crippen LogP contribution in [0.15, 0.2) is 72.4 Å². The summed E-state index contributed by atoms with van der Waals surface area (Å²) in [5.74, 6) is -0.712. The first-order valence-electron chi connectivity index (χ1n) is 6.94. The number of esters is 1. The van der Waals surface area contributed by atoms with Gasteiger partial charge in [-0.1, -0.05) is 30.9 Å². The average molecular weight is 326 g/mol. The summed E-state index contributed by atoms with van der Waals surface area (Å²) in [7, 11) is 0. The van der Waals surface area contributed by atoms with E-state index in [1.54, 1.807) is 24.3 Å². The second kappa shape index (κ2) is 8.23. The van der Waals surface area contributed by atoms with Crippen LogP contribution in [0.4, 0.5) is 5.69 Å². The first-order chi connectivity index (χ1) is 11.6. The molecule has 0 spiro atoms. The number of non-ortho nitro benzene ring substituents is 1. The molecular weight excluding hydrogens is 312 g/mol. The van der Waals surface area contributed by atoms with E-state index in [4.69, 9.17) is 9.57 Å². The molecule has 0 aliphatic rings. The summed E-state index contributed by atoms with van der Waals surface area (Å²) in [6.45, 7) is 3.66. The summed E-state index contributed by atoms with van der Waals surface area (Å²) in [5, 5.41) is 14.4. The number of rotatable bonds is 6. The SMILES string of the molecule is C=CCO/N=C(/OC(=O)c1ccc([N+](=O)[O-])cc1)c1ccccc1. The minimum atomic E-state index is -0.699. The molecule has 0 bridgehead atoms. The largest absolute Gasteiger partial charge is 0.400 e. The fourth-order valence-electron chi connectivity index (χ4n) is 1.73. The number of benzene rings is 2. The van der Waals surface area contributed by atoms with Gasteiger partial charge < -0.3 is 9.57 Å². The highest BCUT2D eigenvalue weighted by Crippen LogP contribution is 2.14. The fraction of sp³-hybridized carbons (Fsp3) is 0.0588. The Bertz CT molecular complexity index is 754. The van der Waals surface area contributed by atoms with Gasteiger partial charge in [0.2, 0.25) is 0 Å². The molecule has 0 fully saturated rings. The number of nitro benzene ring substituents is 1. The van der Waals surface area contributed by atoms with Gasteiger partial charge in [0, 0.05) is 17.7 Å². The molecule has 0 heterocycles. The predicted octanol–water partition coefficient (Wildman–Crippen LogP) is 3.32. The Balaban J connectivity index is 2.19. The number of nitrogens with zero attached hydrogens (tertiary/aromatic N) is 2. The quantitative estimate of drug-likeness (QED) is 0.154. The Morgan fingerprint density at radius 2 is 1.79 bits per heavy atom. The summed E-state index contributed by atoms with van der Waals surface area (Å²) in [6.07, 6.45) is 1.50. The van der Waals surface area contributed by atoms with Gasteiger partial charge in [0.25, 0.3) is 11.6 Å². The van der Waals surface area contributed by atoms with Crippen LogP contribution in [0.2, 0.25) is 0 Å². The Morgan fingerprint density at radius 3 is 2.38 bits per heavy atom. The van der Waals surface area contributed by atoms with Gasteiger partial charge in [-0.05, 0) is 29.4 Å². The Morgan fingerprint density at radius 1 is 1.12 bits per heavy atom. The Labute approximate surface area is 138 Å². The summed E-state index contributed by atoms with van der Waals surface area (Å²) >= 11 is 0. The molecule has 0 saturated heterocycles. The maximum Gasteiger partial charge on any atom is 0.344 e. The third kappa shape index (κ3) is 4.51. The van der Waals surface area contributed by atoms with Crippen molar-refractivity contribution in [1.82, 2.24) is 0 Å². The van der Waals surface area contributed by atoms with Crippen molar-refractivity contribution in [3.63, 3.8) is 0 Å². The molecule has 2 rings (SSSR count). The average Bonchev–Trinajstić information content (AvgIpc) is 2.61. The van der Waals surface area contributed by atoms with Gasteiger partial charge in [-0.3, -0.25) is 10.1 Å². The number of oxime groups is 1. The Kier molecular flexibility index (Phi) is 5.79. The van der Waals surface area contributed by atoms with Crippen molar-refractivity contribution in [2.24, 2.45) is 5.16 Å². The van der Waals surface area contributed by atoms with Crippen molar-refractivity contribution in [2.75, 3.05) is 6.61 Å². The molecule has 0 atom stereocenters. The summed E-state index contributed by atoms with van der Waals surface area (Å²) in [5.41, 5.74) is 0.600. The van der Waals surface area contributed by atoms with Gasteiger partial charge in [-0.2, -0.15) is 0 Å². The normalized spacial score (nSPS) is 10.8. The first-order valence-corrected chi connectivity index (χ1v) is 6.94. The van der Waals surface area contributed by atoms with E-state index < -0.39 is 10.9 Å². The van der Waals surface area contributed by atoms with Crippen LogP contribution < -0.4 is 0 Å². The highest BCUT2D eigenvalue weighted by atomic mass is 16.7. The second-order valence-corrected chi connectivity index (χ2v) is 4.54. The van der Waals surface area contributed by atoms with Gasteiger partial charge >= 0.3 is 5.97 Å². The smallest absolute Gasteiger partial charge is 0.344 e. The molecule has 24 heavy (non-hydrogen) atoms. The molecule has 7 nitrogen and oxygen atoms in total. The number of carbonyl (C=O) groups excluding carboxylic acids is 1. The molecule has 0 aromatic heterocycles. The van der Waals surface area contributed by atoms with Crippen LogP contribution >= 0.6 is 0 Å². The standard InChI is InChI=1S/C17H14N2O5/c1-2-12-23-18-16(13-6-4-3-5-7-13)24-17(20)14-8-10-15(11-9-14)19(21)22/h2-11H,1,12H2/b18-16+. The molecule has 0 aliphatic carbocycles. The van der Waals surface area contributed by atoms with Gasteiger partial charge in [0.1, 0.15) is 6.61 Å². The van der Waals surface area contributed by atoms with E-state index in [1.165, 1.54) is 30.3 Å². The fourth-order valence-corrected chi connectivity index (χ4v) is 1.73. The highest BCUT2D eigenvalue weighted by molar-refractivity contribution is 6.04. The maximum absolute atomic E-state index is 12.2. The molecule has 7 heteroatoms. The van der Waals surface area contributed by atoms with Gasteiger partial charge in [0.05, 0.1) is 10.5 Å². The van der Waals surface area contributed by atoms with Crippen molar-refractivity contribution < 1.29 is 19.3 Å². The highest BCUT2D eigenvalue weighted by Gasteiger charge is 2.15. The van der Waals surface area contributed by atoms with E-state index in [1.807, 2.05) is 6.07 Å². The topological polar surface area (TPSA) is 91.0 Å². The van der Waals surface area contributed by atoms with E-state index >= 15 is 0 Å². The number of nitro groups is 1. The van der Waals surface area contributed by atoms with Crippen LogP contribution in [0.3, 0.4) is 0 Å². The van der Waals surface area contributed by atoms with Crippen molar-refractivity contribution in [2.45, 2.75) is 0 Å². The Hall–Kier alpha value is -3.48. The lowest BCUT2D eigenvalue weighted by Gasteiger charge is -2.07. The molecule has 0 radical (unpaired) electrons. The lowest BCUT2D eigenvalue weighted by molar-refractivity contribution is -0.384. The summed E-state index contributed by atoms with van der Waals surface area (Å²) in [6, 6.07) is 13.8. The minimum Gasteiger partial charge on any atom is -0.400 e. The third-order valence-electron chi connectivity index (χ3n) is 2.86. The van der Waals surface area contributed by atoms with Crippen LogP contribution in [0, 0.1) is 10.1 Å². The first kappa shape index (κ1) is 16.9. The van der Waals surface area contributed by atoms with E-state index in [-0.39, 0.29) is 23.8 Å². The molecule has 122 valence electrons. The zero-order valence-corrected chi connectivity index (χ0v) is 12.6. The molecule has 0 aliphatic heterocycles. The molecule has 2 aromatic rings. The molecule has 2 aromatic carbocycles. The second-order valence-electron chi connectivity index (χ2n) is 4.54. The number of hydrogen-bond acceptors (Lipinski definition) is 6. The molecular formula is C17H14N2O5. The monoisotopic (exact) mass is 326 g/mol. The summed E-state index contributed by atoms with van der Waals surface area (Å²) < 4.78 is 5.25. The molecule has 0 saturated carbocycles. The number of carbonyl (C=O) groups is 1. The van der Waals surface area contributed by atoms with E-state index in [9.17, 15) is 14.9 Å². The van der Waals surface area contributed by atoms with Crippen molar-refractivity contribution in [3.05, 3.63) is 88.5 Å². The van der Waals surface area contributed by atoms with Crippen LogP contribution in [0.25, 0.3) is 0 Å². The molecule has 0 unspecified atom stereocenters. The lowest BCUT2D eigenvalue weighted by atomic mass is 10.2. The lowest BCUT2D eigenvalue weighted by Crippen LogP contribution is -2.14. The van der Waals surface area contributed by atoms with Gasteiger partial charge in [0.15, 0.2) is 0 Å². The maximum atomic E-state index is 12.2. The molecule has 0 N–H and O–H groups in total. The minimum absolute atomic E-state index is 0.0131. The molecule has 0 amide bonds. The van der Waals surface area contributed by atoms with Crippen molar-refractivity contribution >= 4 is 17.6 Å². The number of hydrogen-bond donors (Lipinski definition) is 0. The van der Waals surface area contributed by atoms with Crippen LogP contribution in [-0.2, 0) is 9.57 Å². The number of ether oxygens (including phenoxy) is 1. The van der Waals surface area contributed by atoms with Crippen LogP contribution in [-0.4, -0.2) is 23.4 Å². The predicted molar refractivity (Wildman–Crippen MR) is 87.6 cm³/mol. The zero-order valence-electron chi connectivity index (χ0n) is 12.6. The van der Waals surface area contributed by atoms with Gasteiger partial charge in [-0.15, -0.1) is 0 Å². The van der Waals surface area contributed by atoms with Crippen LogP contribution in [0.1, 0.15) is 15.9 Å². The van der Waals surface area contributed by atoms with Crippen LogP contribution in [0.5, 0.6) is 0 Å². The van der Waals surface area contributed by atoms with Crippen molar-refractivity contribution in [1.29, 1.82) is 0 Å².